The molecular weight excluding hydrogens is 348 g/mol. The average molecular weight is 364 g/mol. The first-order chi connectivity index (χ1) is 13.2. The minimum Gasteiger partial charge on any atom is -0.408 e. The first-order valence-corrected chi connectivity index (χ1v) is 8.42. The van der Waals surface area contributed by atoms with Crippen LogP contribution in [0.1, 0.15) is 12.8 Å². The highest BCUT2D eigenvalue weighted by molar-refractivity contribution is 5.90. The van der Waals surface area contributed by atoms with Gasteiger partial charge >= 0.3 is 5.76 Å². The number of tetrazole rings is 1. The molecule has 0 aliphatic heterocycles. The molecule has 9 heteroatoms. The molecule has 0 atom stereocenters. The zero-order chi connectivity index (χ0) is 18.6. The largest absolute Gasteiger partial charge is 0.419 e. The Morgan fingerprint density at radius 3 is 2.70 bits per heavy atom. The lowest BCUT2D eigenvalue weighted by Gasteiger charge is -2.07. The third kappa shape index (κ3) is 3.61. The maximum absolute atomic E-state index is 12.1. The Balaban J connectivity index is 1.33. The maximum atomic E-state index is 12.1. The number of benzene rings is 2. The van der Waals surface area contributed by atoms with Crippen molar-refractivity contribution in [1.82, 2.24) is 24.8 Å². The van der Waals surface area contributed by atoms with Crippen molar-refractivity contribution in [2.75, 3.05) is 5.32 Å². The van der Waals surface area contributed by atoms with Crippen LogP contribution in [-0.2, 0) is 11.3 Å². The Kier molecular flexibility index (Phi) is 4.48. The molecule has 1 N–H and O–H groups in total. The van der Waals surface area contributed by atoms with E-state index >= 15 is 0 Å². The Morgan fingerprint density at radius 2 is 1.93 bits per heavy atom. The summed E-state index contributed by atoms with van der Waals surface area (Å²) in [5.74, 6) is -0.527. The van der Waals surface area contributed by atoms with Crippen molar-refractivity contribution in [3.8, 4) is 5.69 Å². The van der Waals surface area contributed by atoms with Crippen LogP contribution in [0.2, 0.25) is 0 Å². The summed E-state index contributed by atoms with van der Waals surface area (Å²) >= 11 is 0. The van der Waals surface area contributed by atoms with Gasteiger partial charge in [0.05, 0.1) is 11.2 Å². The van der Waals surface area contributed by atoms with Crippen LogP contribution < -0.4 is 11.1 Å². The Hall–Kier alpha value is -3.75. The average Bonchev–Trinajstić information content (AvgIpc) is 3.31. The van der Waals surface area contributed by atoms with Gasteiger partial charge in [-0.05, 0) is 53.2 Å². The number of carbonyl (C=O) groups is 1. The molecule has 0 unspecified atom stereocenters. The maximum Gasteiger partial charge on any atom is 0.419 e. The van der Waals surface area contributed by atoms with Gasteiger partial charge in [0.15, 0.2) is 5.58 Å². The quantitative estimate of drug-likeness (QED) is 0.560. The highest BCUT2D eigenvalue weighted by Gasteiger charge is 2.09. The van der Waals surface area contributed by atoms with Gasteiger partial charge in [0.2, 0.25) is 5.91 Å². The van der Waals surface area contributed by atoms with Gasteiger partial charge in [-0.1, -0.05) is 12.1 Å². The second kappa shape index (κ2) is 7.24. The fourth-order valence-corrected chi connectivity index (χ4v) is 2.82. The Labute approximate surface area is 153 Å². The molecule has 0 aliphatic rings. The van der Waals surface area contributed by atoms with Crippen LogP contribution in [0.25, 0.3) is 16.8 Å². The number of rotatable bonds is 6. The SMILES string of the molecule is O=C(CCCn1c(=O)oc2ccccc21)Nc1ccc(-n2cnnn2)cc1. The van der Waals surface area contributed by atoms with Gasteiger partial charge in [-0.2, -0.15) is 0 Å². The minimum absolute atomic E-state index is 0.119. The lowest BCUT2D eigenvalue weighted by molar-refractivity contribution is -0.116. The van der Waals surface area contributed by atoms with Crippen LogP contribution in [-0.4, -0.2) is 30.7 Å². The third-order valence-corrected chi connectivity index (χ3v) is 4.12. The van der Waals surface area contributed by atoms with E-state index in [-0.39, 0.29) is 5.91 Å². The molecule has 0 radical (unpaired) electrons. The second-order valence-corrected chi connectivity index (χ2v) is 5.94. The molecule has 2 heterocycles. The normalized spacial score (nSPS) is 11.0. The molecule has 9 nitrogen and oxygen atoms in total. The number of anilines is 1. The number of nitrogens with zero attached hydrogens (tertiary/aromatic N) is 5. The summed E-state index contributed by atoms with van der Waals surface area (Å²) in [5.41, 5.74) is 2.77. The highest BCUT2D eigenvalue weighted by atomic mass is 16.4. The number of aromatic nitrogens is 5. The number of hydrogen-bond acceptors (Lipinski definition) is 6. The van der Waals surface area contributed by atoms with Crippen LogP contribution in [0.3, 0.4) is 0 Å². The van der Waals surface area contributed by atoms with E-state index in [0.29, 0.717) is 30.7 Å². The summed E-state index contributed by atoms with van der Waals surface area (Å²) in [5, 5.41) is 13.8. The summed E-state index contributed by atoms with van der Waals surface area (Å²) in [7, 11) is 0. The van der Waals surface area contributed by atoms with Crippen LogP contribution in [0.4, 0.5) is 5.69 Å². The van der Waals surface area contributed by atoms with E-state index < -0.39 is 5.76 Å². The lowest BCUT2D eigenvalue weighted by Crippen LogP contribution is -2.17. The van der Waals surface area contributed by atoms with Crippen LogP contribution in [0.5, 0.6) is 0 Å². The molecule has 0 bridgehead atoms. The van der Waals surface area contributed by atoms with Gasteiger partial charge in [0.25, 0.3) is 0 Å². The van der Waals surface area contributed by atoms with Gasteiger partial charge < -0.3 is 9.73 Å². The number of para-hydroxylation sites is 2. The van der Waals surface area contributed by atoms with Gasteiger partial charge in [-0.25, -0.2) is 9.48 Å². The van der Waals surface area contributed by atoms with Gasteiger partial charge in [0, 0.05) is 18.7 Å². The van der Waals surface area contributed by atoms with Crippen molar-refractivity contribution in [1.29, 1.82) is 0 Å². The summed E-state index contributed by atoms with van der Waals surface area (Å²) in [6.07, 6.45) is 2.31. The summed E-state index contributed by atoms with van der Waals surface area (Å²) < 4.78 is 8.26. The number of nitrogens with one attached hydrogen (secondary N) is 1. The second-order valence-electron chi connectivity index (χ2n) is 5.94. The highest BCUT2D eigenvalue weighted by Crippen LogP contribution is 2.14. The smallest absolute Gasteiger partial charge is 0.408 e. The molecule has 4 rings (SSSR count). The van der Waals surface area contributed by atoms with E-state index in [1.54, 1.807) is 22.8 Å². The summed E-state index contributed by atoms with van der Waals surface area (Å²) in [6.45, 7) is 0.418. The predicted octanol–water partition coefficient (Wildman–Crippen LogP) is 1.99. The van der Waals surface area contributed by atoms with Crippen molar-refractivity contribution in [3.63, 3.8) is 0 Å². The number of aryl methyl sites for hydroxylation is 1. The molecule has 0 fully saturated rings. The molecule has 1 amide bonds. The van der Waals surface area contributed by atoms with Crippen molar-refractivity contribution in [2.45, 2.75) is 19.4 Å². The van der Waals surface area contributed by atoms with Crippen molar-refractivity contribution < 1.29 is 9.21 Å². The Bertz CT molecular complexity index is 1110. The number of carbonyl (C=O) groups excluding carboxylic acids is 1. The number of hydrogen-bond donors (Lipinski definition) is 1. The van der Waals surface area contributed by atoms with E-state index in [0.717, 1.165) is 11.2 Å². The lowest BCUT2D eigenvalue weighted by atomic mass is 10.2. The molecule has 2 aromatic carbocycles. The number of fused-ring (bicyclic) bond motifs is 1. The predicted molar refractivity (Wildman–Crippen MR) is 97.5 cm³/mol. The molecule has 27 heavy (non-hydrogen) atoms. The Morgan fingerprint density at radius 1 is 1.11 bits per heavy atom. The minimum atomic E-state index is -0.408. The first-order valence-electron chi connectivity index (χ1n) is 8.42. The van der Waals surface area contributed by atoms with Crippen molar-refractivity contribution >= 4 is 22.7 Å². The van der Waals surface area contributed by atoms with Gasteiger partial charge in [0.1, 0.15) is 6.33 Å². The molecule has 0 spiro atoms. The van der Waals surface area contributed by atoms with Crippen LogP contribution in [0, 0.1) is 0 Å². The van der Waals surface area contributed by atoms with E-state index in [9.17, 15) is 9.59 Å². The molecular formula is C18H16N6O3. The third-order valence-electron chi connectivity index (χ3n) is 4.12. The number of amides is 1. The molecule has 0 saturated heterocycles. The molecule has 0 saturated carbocycles. The van der Waals surface area contributed by atoms with E-state index in [2.05, 4.69) is 20.8 Å². The molecule has 2 aromatic heterocycles. The van der Waals surface area contributed by atoms with Crippen LogP contribution >= 0.6 is 0 Å². The van der Waals surface area contributed by atoms with Gasteiger partial charge in [-0.3, -0.25) is 9.36 Å². The molecule has 136 valence electrons. The van der Waals surface area contributed by atoms with Crippen LogP contribution in [0.15, 0.2) is 64.1 Å². The monoisotopic (exact) mass is 364 g/mol. The topological polar surface area (TPSA) is 108 Å². The van der Waals surface area contributed by atoms with E-state index in [1.165, 1.54) is 11.0 Å². The fourth-order valence-electron chi connectivity index (χ4n) is 2.82. The molecule has 4 aromatic rings. The zero-order valence-electron chi connectivity index (χ0n) is 14.3. The first kappa shape index (κ1) is 16.7. The van der Waals surface area contributed by atoms with Crippen molar-refractivity contribution in [3.05, 3.63) is 65.4 Å². The van der Waals surface area contributed by atoms with E-state index in [4.69, 9.17) is 4.42 Å². The fraction of sp³-hybridized carbons (Fsp3) is 0.167. The van der Waals surface area contributed by atoms with E-state index in [1.807, 2.05) is 30.3 Å². The summed E-state index contributed by atoms with van der Waals surface area (Å²) in [4.78, 5) is 24.1. The number of oxazole rings is 1. The molecule has 0 aliphatic carbocycles. The summed E-state index contributed by atoms with van der Waals surface area (Å²) in [6, 6.07) is 14.4. The standard InChI is InChI=1S/C18H16N6O3/c25-17(20-13-7-9-14(10-8-13)24-12-19-21-22-24)6-3-11-23-15-4-1-2-5-16(15)27-18(23)26/h1-2,4-5,7-10,12H,3,6,11H2,(H,20,25). The van der Waals surface area contributed by atoms with Gasteiger partial charge in [-0.15, -0.1) is 5.10 Å². The van der Waals surface area contributed by atoms with Crippen molar-refractivity contribution in [2.24, 2.45) is 0 Å². The zero-order valence-corrected chi connectivity index (χ0v) is 14.3.